The molecule has 152 valence electrons. The van der Waals surface area contributed by atoms with E-state index < -0.39 is 0 Å². The van der Waals surface area contributed by atoms with Crippen LogP contribution in [0.15, 0.2) is 60.7 Å². The third-order valence-corrected chi connectivity index (χ3v) is 5.60. The van der Waals surface area contributed by atoms with Crippen LogP contribution in [-0.2, 0) is 6.54 Å². The standard InChI is InChI=1S/C23H30N6/c1-19(2)17-22(23-24-25-26-29(23)18-20-9-5-3-6-10-20)28-15-13-27(14-16-28)21-11-7-4-8-12-21/h3-12,19,22H,13-18H2,1-2H3. The zero-order chi connectivity index (χ0) is 20.1. The molecule has 1 fully saturated rings. The number of tetrazole rings is 1. The van der Waals surface area contributed by atoms with Gasteiger partial charge in [-0.2, -0.15) is 0 Å². The smallest absolute Gasteiger partial charge is 0.168 e. The molecule has 0 N–H and O–H groups in total. The molecule has 0 spiro atoms. The molecule has 6 heteroatoms. The van der Waals surface area contributed by atoms with E-state index >= 15 is 0 Å². The molecule has 0 radical (unpaired) electrons. The molecule has 1 unspecified atom stereocenters. The monoisotopic (exact) mass is 390 g/mol. The number of piperazine rings is 1. The van der Waals surface area contributed by atoms with E-state index in [1.54, 1.807) is 0 Å². The molecule has 2 aromatic carbocycles. The summed E-state index contributed by atoms with van der Waals surface area (Å²) in [7, 11) is 0. The van der Waals surface area contributed by atoms with Gasteiger partial charge in [0.25, 0.3) is 0 Å². The summed E-state index contributed by atoms with van der Waals surface area (Å²) in [4.78, 5) is 5.03. The van der Waals surface area contributed by atoms with Gasteiger partial charge in [-0.25, -0.2) is 4.68 Å². The third kappa shape index (κ3) is 4.82. The Morgan fingerprint density at radius 3 is 2.17 bits per heavy atom. The van der Waals surface area contributed by atoms with E-state index in [-0.39, 0.29) is 6.04 Å². The van der Waals surface area contributed by atoms with Crippen LogP contribution in [0, 0.1) is 5.92 Å². The van der Waals surface area contributed by atoms with E-state index in [9.17, 15) is 0 Å². The molecule has 0 amide bonds. The number of benzene rings is 2. The second-order valence-corrected chi connectivity index (χ2v) is 8.18. The molecular formula is C23H30N6. The molecule has 1 aliphatic heterocycles. The van der Waals surface area contributed by atoms with Crippen molar-refractivity contribution in [1.29, 1.82) is 0 Å². The number of para-hydroxylation sites is 1. The lowest BCUT2D eigenvalue weighted by Crippen LogP contribution is -2.48. The summed E-state index contributed by atoms with van der Waals surface area (Å²) in [6.07, 6.45) is 1.06. The number of aromatic nitrogens is 4. The predicted octanol–water partition coefficient (Wildman–Crippen LogP) is 3.63. The summed E-state index contributed by atoms with van der Waals surface area (Å²) in [6, 6.07) is 21.4. The zero-order valence-corrected chi connectivity index (χ0v) is 17.4. The molecule has 0 bridgehead atoms. The average molecular weight is 391 g/mol. The van der Waals surface area contributed by atoms with Gasteiger partial charge in [0, 0.05) is 31.9 Å². The highest BCUT2D eigenvalue weighted by Gasteiger charge is 2.29. The molecule has 0 saturated carbocycles. The van der Waals surface area contributed by atoms with Gasteiger partial charge in [0.15, 0.2) is 5.82 Å². The Morgan fingerprint density at radius 2 is 1.52 bits per heavy atom. The average Bonchev–Trinajstić information content (AvgIpc) is 3.21. The van der Waals surface area contributed by atoms with Gasteiger partial charge in [-0.05, 0) is 40.5 Å². The van der Waals surface area contributed by atoms with Crippen molar-refractivity contribution in [3.05, 3.63) is 72.1 Å². The fourth-order valence-electron chi connectivity index (χ4n) is 4.11. The van der Waals surface area contributed by atoms with Gasteiger partial charge < -0.3 is 4.90 Å². The quantitative estimate of drug-likeness (QED) is 0.617. The van der Waals surface area contributed by atoms with E-state index in [4.69, 9.17) is 0 Å². The van der Waals surface area contributed by atoms with Crippen molar-refractivity contribution in [3.8, 4) is 0 Å². The second-order valence-electron chi connectivity index (χ2n) is 8.18. The highest BCUT2D eigenvalue weighted by molar-refractivity contribution is 5.46. The normalized spacial score (nSPS) is 16.3. The Kier molecular flexibility index (Phi) is 6.20. The Balaban J connectivity index is 1.50. The molecular weight excluding hydrogens is 360 g/mol. The molecule has 3 aromatic rings. The molecule has 4 rings (SSSR count). The number of nitrogens with zero attached hydrogens (tertiary/aromatic N) is 6. The van der Waals surface area contributed by atoms with Gasteiger partial charge in [-0.3, -0.25) is 4.90 Å². The van der Waals surface area contributed by atoms with Crippen molar-refractivity contribution >= 4 is 5.69 Å². The molecule has 0 aliphatic carbocycles. The number of hydrogen-bond acceptors (Lipinski definition) is 5. The van der Waals surface area contributed by atoms with Gasteiger partial charge in [-0.1, -0.05) is 62.4 Å². The first-order valence-electron chi connectivity index (χ1n) is 10.5. The van der Waals surface area contributed by atoms with E-state index in [1.165, 1.54) is 11.3 Å². The summed E-state index contributed by atoms with van der Waals surface area (Å²) >= 11 is 0. The first-order chi connectivity index (χ1) is 14.2. The van der Waals surface area contributed by atoms with Crippen LogP contribution in [0.1, 0.15) is 37.7 Å². The Morgan fingerprint density at radius 1 is 0.862 bits per heavy atom. The van der Waals surface area contributed by atoms with Crippen LogP contribution in [0.5, 0.6) is 0 Å². The minimum atomic E-state index is 0.242. The first-order valence-corrected chi connectivity index (χ1v) is 10.5. The highest BCUT2D eigenvalue weighted by atomic mass is 15.6. The fraction of sp³-hybridized carbons (Fsp3) is 0.435. The van der Waals surface area contributed by atoms with Crippen LogP contribution in [0.3, 0.4) is 0 Å². The minimum absolute atomic E-state index is 0.242. The van der Waals surface area contributed by atoms with Crippen molar-refractivity contribution in [2.45, 2.75) is 32.9 Å². The van der Waals surface area contributed by atoms with Gasteiger partial charge in [0.1, 0.15) is 0 Å². The van der Waals surface area contributed by atoms with Crippen LogP contribution in [0.25, 0.3) is 0 Å². The lowest BCUT2D eigenvalue weighted by Gasteiger charge is -2.40. The molecule has 6 nitrogen and oxygen atoms in total. The van der Waals surface area contributed by atoms with Crippen LogP contribution < -0.4 is 4.90 Å². The predicted molar refractivity (Wildman–Crippen MR) is 116 cm³/mol. The second kappa shape index (κ2) is 9.18. The molecule has 1 saturated heterocycles. The summed E-state index contributed by atoms with van der Waals surface area (Å²) in [6.45, 7) is 9.35. The van der Waals surface area contributed by atoms with E-state index in [0.29, 0.717) is 12.5 Å². The van der Waals surface area contributed by atoms with Gasteiger partial charge >= 0.3 is 0 Å². The van der Waals surface area contributed by atoms with Crippen molar-refractivity contribution < 1.29 is 0 Å². The lowest BCUT2D eigenvalue weighted by atomic mass is 10.0. The molecule has 2 heterocycles. The summed E-state index contributed by atoms with van der Waals surface area (Å²) in [5.41, 5.74) is 2.53. The Hall–Kier alpha value is -2.73. The largest absolute Gasteiger partial charge is 0.369 e. The number of anilines is 1. The summed E-state index contributed by atoms with van der Waals surface area (Å²) in [5, 5.41) is 12.8. The topological polar surface area (TPSA) is 50.1 Å². The summed E-state index contributed by atoms with van der Waals surface area (Å²) in [5.74, 6) is 1.56. The maximum Gasteiger partial charge on any atom is 0.168 e. The minimum Gasteiger partial charge on any atom is -0.369 e. The van der Waals surface area contributed by atoms with Crippen molar-refractivity contribution in [2.24, 2.45) is 5.92 Å². The van der Waals surface area contributed by atoms with E-state index in [0.717, 1.165) is 38.4 Å². The van der Waals surface area contributed by atoms with Gasteiger partial charge in [-0.15, -0.1) is 5.10 Å². The fourth-order valence-corrected chi connectivity index (χ4v) is 4.11. The van der Waals surface area contributed by atoms with Crippen LogP contribution in [0.2, 0.25) is 0 Å². The summed E-state index contributed by atoms with van der Waals surface area (Å²) < 4.78 is 1.98. The number of hydrogen-bond donors (Lipinski definition) is 0. The molecule has 1 aliphatic rings. The molecule has 1 aromatic heterocycles. The van der Waals surface area contributed by atoms with Crippen molar-refractivity contribution in [3.63, 3.8) is 0 Å². The maximum atomic E-state index is 4.46. The highest BCUT2D eigenvalue weighted by Crippen LogP contribution is 2.28. The first kappa shape index (κ1) is 19.6. The van der Waals surface area contributed by atoms with Gasteiger partial charge in [0.05, 0.1) is 12.6 Å². The van der Waals surface area contributed by atoms with E-state index in [2.05, 4.69) is 93.8 Å². The van der Waals surface area contributed by atoms with Crippen molar-refractivity contribution in [2.75, 3.05) is 31.1 Å². The van der Waals surface area contributed by atoms with Crippen LogP contribution >= 0.6 is 0 Å². The van der Waals surface area contributed by atoms with Crippen molar-refractivity contribution in [1.82, 2.24) is 25.1 Å². The Labute approximate surface area is 173 Å². The third-order valence-electron chi connectivity index (χ3n) is 5.60. The SMILES string of the molecule is CC(C)CC(c1nnnn1Cc1ccccc1)N1CCN(c2ccccc2)CC1. The lowest BCUT2D eigenvalue weighted by molar-refractivity contribution is 0.153. The van der Waals surface area contributed by atoms with Crippen LogP contribution in [0.4, 0.5) is 5.69 Å². The maximum absolute atomic E-state index is 4.46. The Bertz CT molecular complexity index is 869. The zero-order valence-electron chi connectivity index (χ0n) is 17.4. The van der Waals surface area contributed by atoms with Gasteiger partial charge in [0.2, 0.25) is 0 Å². The van der Waals surface area contributed by atoms with Crippen LogP contribution in [-0.4, -0.2) is 51.3 Å². The number of rotatable bonds is 7. The van der Waals surface area contributed by atoms with E-state index in [1.807, 2.05) is 10.7 Å². The molecule has 1 atom stereocenters. The molecule has 29 heavy (non-hydrogen) atoms.